The van der Waals surface area contributed by atoms with Crippen LogP contribution in [0.2, 0.25) is 5.02 Å². The van der Waals surface area contributed by atoms with Crippen LogP contribution in [0.5, 0.6) is 11.5 Å². The SMILES string of the molecule is O=C(COc1ccc(Cl)cc1)N1CCN(C(=O)c2ccc(OCC(F)(F)F)cc2)CC1. The van der Waals surface area contributed by atoms with Gasteiger partial charge in [0.05, 0.1) is 0 Å². The Morgan fingerprint density at radius 3 is 1.94 bits per heavy atom. The Hall–Kier alpha value is -2.94. The summed E-state index contributed by atoms with van der Waals surface area (Å²) in [5.41, 5.74) is 0.338. The molecule has 3 rings (SSSR count). The van der Waals surface area contributed by atoms with Gasteiger partial charge in [-0.25, -0.2) is 0 Å². The molecule has 0 aromatic heterocycles. The number of carbonyl (C=O) groups is 2. The molecule has 1 fully saturated rings. The average molecular weight is 457 g/mol. The van der Waals surface area contributed by atoms with Gasteiger partial charge in [-0.1, -0.05) is 11.6 Å². The summed E-state index contributed by atoms with van der Waals surface area (Å²) in [6, 6.07) is 12.2. The van der Waals surface area contributed by atoms with Crippen LogP contribution < -0.4 is 9.47 Å². The summed E-state index contributed by atoms with van der Waals surface area (Å²) >= 11 is 5.81. The van der Waals surface area contributed by atoms with Gasteiger partial charge in [-0.05, 0) is 48.5 Å². The van der Waals surface area contributed by atoms with E-state index in [9.17, 15) is 22.8 Å². The zero-order chi connectivity index (χ0) is 22.4. The largest absolute Gasteiger partial charge is 0.484 e. The van der Waals surface area contributed by atoms with Crippen molar-refractivity contribution in [3.63, 3.8) is 0 Å². The first-order chi connectivity index (χ1) is 14.7. The molecular formula is C21H20ClF3N2O4. The number of alkyl halides is 3. The number of hydrogen-bond acceptors (Lipinski definition) is 4. The zero-order valence-electron chi connectivity index (χ0n) is 16.4. The lowest BCUT2D eigenvalue weighted by atomic mass is 10.1. The number of nitrogens with zero attached hydrogens (tertiary/aromatic N) is 2. The van der Waals surface area contributed by atoms with Crippen molar-refractivity contribution in [2.45, 2.75) is 6.18 Å². The van der Waals surface area contributed by atoms with Gasteiger partial charge in [-0.3, -0.25) is 9.59 Å². The summed E-state index contributed by atoms with van der Waals surface area (Å²) in [6.07, 6.45) is -4.43. The molecule has 0 unspecified atom stereocenters. The third-order valence-corrected chi connectivity index (χ3v) is 4.85. The number of rotatable bonds is 6. The van der Waals surface area contributed by atoms with Crippen LogP contribution in [0.15, 0.2) is 48.5 Å². The first kappa shape index (κ1) is 22.7. The molecule has 31 heavy (non-hydrogen) atoms. The average Bonchev–Trinajstić information content (AvgIpc) is 2.76. The lowest BCUT2D eigenvalue weighted by Crippen LogP contribution is -2.51. The van der Waals surface area contributed by atoms with Gasteiger partial charge in [0, 0.05) is 36.8 Å². The predicted octanol–water partition coefficient (Wildman–Crippen LogP) is 3.64. The molecule has 0 N–H and O–H groups in total. The molecule has 0 spiro atoms. The van der Waals surface area contributed by atoms with Crippen LogP contribution in [0.4, 0.5) is 13.2 Å². The van der Waals surface area contributed by atoms with Crippen molar-refractivity contribution in [1.82, 2.24) is 9.80 Å². The van der Waals surface area contributed by atoms with Crippen LogP contribution in [0, 0.1) is 0 Å². The Morgan fingerprint density at radius 1 is 0.839 bits per heavy atom. The molecule has 1 aliphatic heterocycles. The second-order valence-electron chi connectivity index (χ2n) is 6.84. The van der Waals surface area contributed by atoms with E-state index in [-0.39, 0.29) is 24.2 Å². The summed E-state index contributed by atoms with van der Waals surface area (Å²) in [7, 11) is 0. The first-order valence-electron chi connectivity index (χ1n) is 9.46. The highest BCUT2D eigenvalue weighted by Crippen LogP contribution is 2.20. The fourth-order valence-corrected chi connectivity index (χ4v) is 3.09. The highest BCUT2D eigenvalue weighted by molar-refractivity contribution is 6.30. The van der Waals surface area contributed by atoms with Crippen molar-refractivity contribution in [2.24, 2.45) is 0 Å². The number of hydrogen-bond donors (Lipinski definition) is 0. The van der Waals surface area contributed by atoms with E-state index < -0.39 is 12.8 Å². The number of halogens is 4. The van der Waals surface area contributed by atoms with Gasteiger partial charge in [-0.15, -0.1) is 0 Å². The van der Waals surface area contributed by atoms with Crippen LogP contribution in [-0.4, -0.2) is 67.2 Å². The molecule has 0 aliphatic carbocycles. The maximum Gasteiger partial charge on any atom is 0.422 e. The smallest absolute Gasteiger partial charge is 0.422 e. The van der Waals surface area contributed by atoms with Gasteiger partial charge >= 0.3 is 6.18 Å². The van der Waals surface area contributed by atoms with Gasteiger partial charge in [0.1, 0.15) is 11.5 Å². The molecule has 2 aromatic rings. The molecule has 0 bridgehead atoms. The van der Waals surface area contributed by atoms with Crippen LogP contribution >= 0.6 is 11.6 Å². The zero-order valence-corrected chi connectivity index (χ0v) is 17.2. The summed E-state index contributed by atoms with van der Waals surface area (Å²) in [6.45, 7) is -0.0919. The molecular weight excluding hydrogens is 437 g/mol. The highest BCUT2D eigenvalue weighted by atomic mass is 35.5. The van der Waals surface area contributed by atoms with Gasteiger partial charge in [-0.2, -0.15) is 13.2 Å². The molecule has 6 nitrogen and oxygen atoms in total. The normalized spacial score (nSPS) is 14.3. The van der Waals surface area contributed by atoms with Crippen molar-refractivity contribution in [1.29, 1.82) is 0 Å². The fourth-order valence-electron chi connectivity index (χ4n) is 2.97. The molecule has 2 amide bonds. The standard InChI is InChI=1S/C21H20ClF3N2O4/c22-16-3-7-17(8-4-16)30-13-19(28)26-9-11-27(12-10-26)20(29)15-1-5-18(6-2-15)31-14-21(23,24)25/h1-8H,9-14H2. The minimum Gasteiger partial charge on any atom is -0.484 e. The maximum absolute atomic E-state index is 12.6. The monoisotopic (exact) mass is 456 g/mol. The Labute approximate surface area is 182 Å². The second kappa shape index (κ2) is 9.91. The van der Waals surface area contributed by atoms with E-state index in [4.69, 9.17) is 16.3 Å². The Kier molecular flexibility index (Phi) is 7.27. The third-order valence-electron chi connectivity index (χ3n) is 4.60. The summed E-state index contributed by atoms with van der Waals surface area (Å²) < 4.78 is 46.7. The molecule has 1 aliphatic rings. The number of benzene rings is 2. The summed E-state index contributed by atoms with van der Waals surface area (Å²) in [5.74, 6) is 0.124. The van der Waals surface area contributed by atoms with Crippen molar-refractivity contribution in [2.75, 3.05) is 39.4 Å². The number of ether oxygens (including phenoxy) is 2. The molecule has 0 saturated carbocycles. The number of carbonyl (C=O) groups excluding carboxylic acids is 2. The Morgan fingerprint density at radius 2 is 1.35 bits per heavy atom. The van der Waals surface area contributed by atoms with E-state index in [0.717, 1.165) is 0 Å². The molecule has 0 atom stereocenters. The van der Waals surface area contributed by atoms with Crippen LogP contribution in [0.1, 0.15) is 10.4 Å². The van der Waals surface area contributed by atoms with E-state index in [1.54, 1.807) is 34.1 Å². The molecule has 10 heteroatoms. The van der Waals surface area contributed by atoms with Crippen molar-refractivity contribution in [3.05, 3.63) is 59.1 Å². The van der Waals surface area contributed by atoms with Gasteiger partial charge in [0.2, 0.25) is 0 Å². The van der Waals surface area contributed by atoms with E-state index >= 15 is 0 Å². The first-order valence-corrected chi connectivity index (χ1v) is 9.84. The second-order valence-corrected chi connectivity index (χ2v) is 7.28. The predicted molar refractivity (Wildman–Crippen MR) is 107 cm³/mol. The molecule has 2 aromatic carbocycles. The summed E-state index contributed by atoms with van der Waals surface area (Å²) in [4.78, 5) is 28.2. The lowest BCUT2D eigenvalue weighted by molar-refractivity contribution is -0.153. The minimum atomic E-state index is -4.43. The van der Waals surface area contributed by atoms with Crippen molar-refractivity contribution in [3.8, 4) is 11.5 Å². The van der Waals surface area contributed by atoms with Gasteiger partial charge < -0.3 is 19.3 Å². The van der Waals surface area contributed by atoms with E-state index in [2.05, 4.69) is 4.74 Å². The maximum atomic E-state index is 12.6. The van der Waals surface area contributed by atoms with Crippen molar-refractivity contribution >= 4 is 23.4 Å². The Balaban J connectivity index is 1.45. The highest BCUT2D eigenvalue weighted by Gasteiger charge is 2.28. The van der Waals surface area contributed by atoms with E-state index in [1.165, 1.54) is 24.3 Å². The van der Waals surface area contributed by atoms with Gasteiger partial charge in [0.15, 0.2) is 13.2 Å². The third kappa shape index (κ3) is 6.78. The molecule has 0 radical (unpaired) electrons. The number of piperazine rings is 1. The molecule has 1 saturated heterocycles. The lowest BCUT2D eigenvalue weighted by Gasteiger charge is -2.34. The van der Waals surface area contributed by atoms with Crippen molar-refractivity contribution < 1.29 is 32.2 Å². The van der Waals surface area contributed by atoms with E-state index in [1.807, 2.05) is 0 Å². The molecule has 166 valence electrons. The van der Waals surface area contributed by atoms with Crippen LogP contribution in [-0.2, 0) is 4.79 Å². The topological polar surface area (TPSA) is 59.1 Å². The quantitative estimate of drug-likeness (QED) is 0.666. The van der Waals surface area contributed by atoms with Gasteiger partial charge in [0.25, 0.3) is 11.8 Å². The Bertz CT molecular complexity index is 896. The van der Waals surface area contributed by atoms with E-state index in [0.29, 0.717) is 42.5 Å². The number of amides is 2. The van der Waals surface area contributed by atoms with Crippen LogP contribution in [0.25, 0.3) is 0 Å². The summed E-state index contributed by atoms with van der Waals surface area (Å²) in [5, 5.41) is 0.572. The fraction of sp³-hybridized carbons (Fsp3) is 0.333. The van der Waals surface area contributed by atoms with Crippen LogP contribution in [0.3, 0.4) is 0 Å². The minimum absolute atomic E-state index is 0.0324. The molecule has 1 heterocycles.